The molecule has 20 heavy (non-hydrogen) atoms. The second kappa shape index (κ2) is 6.22. The second-order valence-corrected chi connectivity index (χ2v) is 4.27. The van der Waals surface area contributed by atoms with E-state index >= 15 is 0 Å². The highest BCUT2D eigenvalue weighted by Gasteiger charge is 2.28. The molecule has 2 unspecified atom stereocenters. The number of amides is 1. The van der Waals surface area contributed by atoms with Gasteiger partial charge in [0.05, 0.1) is 23.0 Å². The largest absolute Gasteiger partial charge is 0.390 e. The minimum atomic E-state index is -1.65. The molecule has 1 amide bonds. The van der Waals surface area contributed by atoms with Crippen molar-refractivity contribution < 1.29 is 24.7 Å². The summed E-state index contributed by atoms with van der Waals surface area (Å²) in [6.45, 7) is 1.25. The fourth-order valence-corrected chi connectivity index (χ4v) is 1.70. The Bertz CT molecular complexity index is 557. The van der Waals surface area contributed by atoms with Gasteiger partial charge >= 0.3 is 0 Å². The van der Waals surface area contributed by atoms with Gasteiger partial charge in [-0.1, -0.05) is 6.07 Å². The maximum atomic E-state index is 11.2. The van der Waals surface area contributed by atoms with E-state index in [4.69, 9.17) is 5.73 Å². The molecule has 0 fully saturated rings. The Morgan fingerprint density at radius 3 is 2.45 bits per heavy atom. The standard InChI is InChI=1S/C12H14N2O6/c1-6(15)7-2-3-8(9(4-7)14(19)20)12(18)10(16)5-11(13)17/h2-4,10,12,16,18H,5H2,1H3,(H2,13,17). The topological polar surface area (TPSA) is 144 Å². The summed E-state index contributed by atoms with van der Waals surface area (Å²) in [5.74, 6) is -1.22. The lowest BCUT2D eigenvalue weighted by atomic mass is 9.98. The summed E-state index contributed by atoms with van der Waals surface area (Å²) in [4.78, 5) is 32.0. The van der Waals surface area contributed by atoms with Gasteiger partial charge in [-0.25, -0.2) is 0 Å². The molecule has 2 atom stereocenters. The molecule has 0 aromatic heterocycles. The van der Waals surface area contributed by atoms with Gasteiger partial charge in [0.2, 0.25) is 5.91 Å². The number of nitro benzene ring substituents is 1. The third kappa shape index (κ3) is 3.59. The molecule has 1 aromatic rings. The smallest absolute Gasteiger partial charge is 0.276 e. The van der Waals surface area contributed by atoms with Crippen molar-refractivity contribution in [2.75, 3.05) is 0 Å². The average Bonchev–Trinajstić information content (AvgIpc) is 2.36. The summed E-state index contributed by atoms with van der Waals surface area (Å²) < 4.78 is 0. The zero-order valence-corrected chi connectivity index (χ0v) is 10.6. The van der Waals surface area contributed by atoms with E-state index < -0.39 is 35.1 Å². The summed E-state index contributed by atoms with van der Waals surface area (Å²) in [5.41, 5.74) is 4.30. The Morgan fingerprint density at radius 1 is 1.40 bits per heavy atom. The lowest BCUT2D eigenvalue weighted by molar-refractivity contribution is -0.386. The molecule has 0 aliphatic carbocycles. The summed E-state index contributed by atoms with van der Waals surface area (Å²) in [6.07, 6.45) is -3.74. The van der Waals surface area contributed by atoms with Gasteiger partial charge in [-0.3, -0.25) is 19.7 Å². The number of hydrogen-bond acceptors (Lipinski definition) is 6. The average molecular weight is 282 g/mol. The van der Waals surface area contributed by atoms with Crippen LogP contribution in [-0.2, 0) is 4.79 Å². The highest BCUT2D eigenvalue weighted by molar-refractivity contribution is 5.94. The maximum absolute atomic E-state index is 11.2. The van der Waals surface area contributed by atoms with Crippen LogP contribution in [0.15, 0.2) is 18.2 Å². The first-order chi connectivity index (χ1) is 9.23. The van der Waals surface area contributed by atoms with E-state index in [1.165, 1.54) is 19.1 Å². The normalized spacial score (nSPS) is 13.6. The van der Waals surface area contributed by atoms with Gasteiger partial charge in [-0.15, -0.1) is 0 Å². The number of aliphatic hydroxyl groups excluding tert-OH is 2. The van der Waals surface area contributed by atoms with E-state index in [0.29, 0.717) is 0 Å². The number of carbonyl (C=O) groups excluding carboxylic acids is 2. The van der Waals surface area contributed by atoms with Crippen molar-refractivity contribution >= 4 is 17.4 Å². The van der Waals surface area contributed by atoms with Crippen molar-refractivity contribution in [1.29, 1.82) is 0 Å². The van der Waals surface area contributed by atoms with Gasteiger partial charge in [0.25, 0.3) is 5.69 Å². The van der Waals surface area contributed by atoms with Crippen molar-refractivity contribution in [3.63, 3.8) is 0 Å². The fraction of sp³-hybridized carbons (Fsp3) is 0.333. The monoisotopic (exact) mass is 282 g/mol. The Labute approximate surface area is 114 Å². The van der Waals surface area contributed by atoms with Crippen molar-refractivity contribution in [3.8, 4) is 0 Å². The highest BCUT2D eigenvalue weighted by Crippen LogP contribution is 2.29. The molecular weight excluding hydrogens is 268 g/mol. The molecule has 1 aromatic carbocycles. The van der Waals surface area contributed by atoms with Gasteiger partial charge in [-0.05, 0) is 13.0 Å². The molecule has 1 rings (SSSR count). The molecule has 0 heterocycles. The third-order valence-electron chi connectivity index (χ3n) is 2.73. The van der Waals surface area contributed by atoms with Crippen LogP contribution in [0, 0.1) is 10.1 Å². The number of nitrogens with two attached hydrogens (primary N) is 1. The molecule has 108 valence electrons. The van der Waals surface area contributed by atoms with Gasteiger partial charge in [0, 0.05) is 11.6 Å². The van der Waals surface area contributed by atoms with E-state index in [1.54, 1.807) is 0 Å². The van der Waals surface area contributed by atoms with Crippen molar-refractivity contribution in [3.05, 3.63) is 39.4 Å². The summed E-state index contributed by atoms with van der Waals surface area (Å²) in [7, 11) is 0. The number of aliphatic hydroxyl groups is 2. The van der Waals surface area contributed by atoms with Gasteiger partial charge in [-0.2, -0.15) is 0 Å². The number of carbonyl (C=O) groups is 2. The Hall–Kier alpha value is -2.32. The molecule has 0 aliphatic rings. The Kier molecular flexibility index (Phi) is 4.89. The number of rotatable bonds is 6. The van der Waals surface area contributed by atoms with Gasteiger partial charge < -0.3 is 15.9 Å². The maximum Gasteiger partial charge on any atom is 0.276 e. The molecule has 0 radical (unpaired) electrons. The van der Waals surface area contributed by atoms with E-state index in [1.807, 2.05) is 0 Å². The third-order valence-corrected chi connectivity index (χ3v) is 2.73. The fourth-order valence-electron chi connectivity index (χ4n) is 1.70. The summed E-state index contributed by atoms with van der Waals surface area (Å²) >= 11 is 0. The molecule has 8 heteroatoms. The lowest BCUT2D eigenvalue weighted by Gasteiger charge is -2.17. The number of nitrogens with zero attached hydrogens (tertiary/aromatic N) is 1. The van der Waals surface area contributed by atoms with Crippen LogP contribution < -0.4 is 5.73 Å². The number of hydrogen-bond donors (Lipinski definition) is 3. The van der Waals surface area contributed by atoms with E-state index in [2.05, 4.69) is 0 Å². The van der Waals surface area contributed by atoms with Crippen LogP contribution in [0.4, 0.5) is 5.69 Å². The molecule has 4 N–H and O–H groups in total. The molecule has 0 bridgehead atoms. The zero-order chi connectivity index (χ0) is 15.4. The molecular formula is C12H14N2O6. The first kappa shape index (κ1) is 15.7. The molecule has 8 nitrogen and oxygen atoms in total. The SMILES string of the molecule is CC(=O)c1ccc(C(O)C(O)CC(N)=O)c([N+](=O)[O-])c1. The van der Waals surface area contributed by atoms with Crippen LogP contribution in [0.5, 0.6) is 0 Å². The van der Waals surface area contributed by atoms with Crippen LogP contribution in [0.25, 0.3) is 0 Å². The summed E-state index contributed by atoms with van der Waals surface area (Å²) in [6, 6.07) is 3.48. The van der Waals surface area contributed by atoms with E-state index in [0.717, 1.165) is 6.07 Å². The number of ketones is 1. The number of nitro groups is 1. The van der Waals surface area contributed by atoms with Crippen LogP contribution in [0.2, 0.25) is 0 Å². The number of benzene rings is 1. The first-order valence-corrected chi connectivity index (χ1v) is 5.67. The van der Waals surface area contributed by atoms with Crippen LogP contribution >= 0.6 is 0 Å². The number of primary amides is 1. The predicted octanol–water partition coefficient (Wildman–Crippen LogP) is 0.0671. The first-order valence-electron chi connectivity index (χ1n) is 5.67. The van der Waals surface area contributed by atoms with Crippen molar-refractivity contribution in [1.82, 2.24) is 0 Å². The van der Waals surface area contributed by atoms with Gasteiger partial charge in [0.1, 0.15) is 6.10 Å². The second-order valence-electron chi connectivity index (χ2n) is 4.27. The van der Waals surface area contributed by atoms with Crippen LogP contribution in [0.1, 0.15) is 35.4 Å². The van der Waals surface area contributed by atoms with E-state index in [9.17, 15) is 29.9 Å². The number of Topliss-reactive ketones (excluding diaryl/α,β-unsaturated/α-hetero) is 1. The molecule has 0 aliphatic heterocycles. The zero-order valence-electron chi connectivity index (χ0n) is 10.6. The minimum absolute atomic E-state index is 0.108. The lowest BCUT2D eigenvalue weighted by Crippen LogP contribution is -2.26. The highest BCUT2D eigenvalue weighted by atomic mass is 16.6. The Balaban J connectivity index is 3.20. The van der Waals surface area contributed by atoms with Crippen LogP contribution in [-0.4, -0.2) is 32.9 Å². The van der Waals surface area contributed by atoms with Crippen molar-refractivity contribution in [2.24, 2.45) is 5.73 Å². The molecule has 0 spiro atoms. The quantitative estimate of drug-likeness (QED) is 0.382. The van der Waals surface area contributed by atoms with Crippen molar-refractivity contribution in [2.45, 2.75) is 25.6 Å². The molecule has 0 saturated carbocycles. The van der Waals surface area contributed by atoms with Gasteiger partial charge in [0.15, 0.2) is 5.78 Å². The Morgan fingerprint density at radius 2 is 2.00 bits per heavy atom. The minimum Gasteiger partial charge on any atom is -0.390 e. The summed E-state index contributed by atoms with van der Waals surface area (Å²) in [5, 5.41) is 30.4. The van der Waals surface area contributed by atoms with E-state index in [-0.39, 0.29) is 16.9 Å². The predicted molar refractivity (Wildman–Crippen MR) is 67.9 cm³/mol. The van der Waals surface area contributed by atoms with Crippen LogP contribution in [0.3, 0.4) is 0 Å². The molecule has 0 saturated heterocycles.